The fraction of sp³-hybridized carbons (Fsp3) is 0.286. The highest BCUT2D eigenvalue weighted by Gasteiger charge is 2.11. The summed E-state index contributed by atoms with van der Waals surface area (Å²) in [7, 11) is -3.30. The number of nitrogens with one attached hydrogen (secondary N) is 4. The minimum atomic E-state index is -3.30. The van der Waals surface area contributed by atoms with Crippen molar-refractivity contribution in [2.75, 3.05) is 18.1 Å². The van der Waals surface area contributed by atoms with Crippen molar-refractivity contribution >= 4 is 48.4 Å². The molecule has 174 valence electrons. The van der Waals surface area contributed by atoms with Crippen LogP contribution in [0.25, 0.3) is 21.3 Å². The molecule has 4 N–H and O–H groups in total. The number of carbonyl (C=O) groups excluding carboxylic acids is 1. The minimum Gasteiger partial charge on any atom is -0.337 e. The van der Waals surface area contributed by atoms with E-state index >= 15 is 0 Å². The number of hydrogen-bond donors (Lipinski definition) is 4. The van der Waals surface area contributed by atoms with Gasteiger partial charge < -0.3 is 5.32 Å². The maximum atomic E-state index is 12.1. The van der Waals surface area contributed by atoms with E-state index < -0.39 is 15.9 Å². The molecule has 0 spiro atoms. The summed E-state index contributed by atoms with van der Waals surface area (Å²) in [5, 5.41) is 20.9. The van der Waals surface area contributed by atoms with Crippen LogP contribution in [-0.4, -0.2) is 44.1 Å². The van der Waals surface area contributed by atoms with Crippen LogP contribution in [0.15, 0.2) is 57.7 Å². The summed E-state index contributed by atoms with van der Waals surface area (Å²) in [6.07, 6.45) is 1.42. The van der Waals surface area contributed by atoms with E-state index in [9.17, 15) is 13.2 Å². The standard InChI is InChI=1S/C21H25N7O3S2/c1-13(2)26-28-27-19(22)9-10-23-20(29)25-21-24-17-8-7-15(12-18(17)32-21)14-5-4-6-16(11-14)33(3,30)31/h4-8,11-13H,9-10H2,1-3H3,(H2,22,26,27)(H2,23,24,25,29). The van der Waals surface area contributed by atoms with Crippen molar-refractivity contribution in [2.45, 2.75) is 31.2 Å². The maximum Gasteiger partial charge on any atom is 0.321 e. The first-order valence-corrected chi connectivity index (χ1v) is 12.8. The van der Waals surface area contributed by atoms with Gasteiger partial charge in [-0.15, -0.1) is 5.11 Å². The Bertz CT molecular complexity index is 1300. The molecule has 33 heavy (non-hydrogen) atoms. The second-order valence-electron chi connectivity index (χ2n) is 7.56. The van der Waals surface area contributed by atoms with Gasteiger partial charge in [0, 0.05) is 25.3 Å². The van der Waals surface area contributed by atoms with Crippen molar-refractivity contribution in [1.82, 2.24) is 15.7 Å². The van der Waals surface area contributed by atoms with Gasteiger partial charge in [-0.25, -0.2) is 18.2 Å². The topological polar surface area (TPSA) is 149 Å². The van der Waals surface area contributed by atoms with E-state index in [0.717, 1.165) is 21.3 Å². The number of nitrogens with zero attached hydrogens (tertiary/aromatic N) is 3. The number of amides is 2. The first-order chi connectivity index (χ1) is 15.6. The smallest absolute Gasteiger partial charge is 0.321 e. The third-order valence-corrected chi connectivity index (χ3v) is 6.38. The van der Waals surface area contributed by atoms with E-state index in [1.54, 1.807) is 18.2 Å². The Morgan fingerprint density at radius 3 is 2.67 bits per heavy atom. The van der Waals surface area contributed by atoms with Crippen LogP contribution >= 0.6 is 11.3 Å². The van der Waals surface area contributed by atoms with Crippen LogP contribution in [0, 0.1) is 5.41 Å². The predicted octanol–water partition coefficient (Wildman–Crippen LogP) is 4.22. The van der Waals surface area contributed by atoms with Gasteiger partial charge >= 0.3 is 6.03 Å². The lowest BCUT2D eigenvalue weighted by Gasteiger charge is -2.04. The van der Waals surface area contributed by atoms with E-state index in [4.69, 9.17) is 5.41 Å². The zero-order valence-corrected chi connectivity index (χ0v) is 20.0. The molecule has 0 atom stereocenters. The number of urea groups is 1. The molecule has 0 unspecified atom stereocenters. The Labute approximate surface area is 195 Å². The molecule has 3 rings (SSSR count). The normalized spacial score (nSPS) is 11.8. The highest BCUT2D eigenvalue weighted by molar-refractivity contribution is 7.90. The molecule has 0 saturated carbocycles. The molecule has 0 aliphatic rings. The number of amidine groups is 1. The van der Waals surface area contributed by atoms with E-state index in [0.29, 0.717) is 5.13 Å². The number of sulfone groups is 1. The molecule has 0 bridgehead atoms. The lowest BCUT2D eigenvalue weighted by molar-refractivity contribution is 0.252. The average Bonchev–Trinajstić information content (AvgIpc) is 3.14. The van der Waals surface area contributed by atoms with Crippen molar-refractivity contribution in [3.63, 3.8) is 0 Å². The Kier molecular flexibility index (Phi) is 7.71. The third-order valence-electron chi connectivity index (χ3n) is 4.34. The Morgan fingerprint density at radius 1 is 1.18 bits per heavy atom. The summed E-state index contributed by atoms with van der Waals surface area (Å²) < 4.78 is 24.5. The van der Waals surface area contributed by atoms with Gasteiger partial charge in [-0.2, -0.15) is 0 Å². The molecule has 2 amide bonds. The Hall–Kier alpha value is -3.38. The molecule has 1 aromatic heterocycles. The van der Waals surface area contributed by atoms with Gasteiger partial charge in [0.25, 0.3) is 0 Å². The van der Waals surface area contributed by atoms with Crippen LogP contribution < -0.4 is 16.1 Å². The number of aromatic nitrogens is 1. The molecule has 3 aromatic rings. The van der Waals surface area contributed by atoms with Gasteiger partial charge in [-0.1, -0.05) is 34.8 Å². The van der Waals surface area contributed by atoms with Crippen LogP contribution in [-0.2, 0) is 9.84 Å². The van der Waals surface area contributed by atoms with Gasteiger partial charge in [0.1, 0.15) is 5.84 Å². The number of rotatable bonds is 8. The molecule has 1 heterocycles. The third kappa shape index (κ3) is 7.05. The zero-order chi connectivity index (χ0) is 24.0. The lowest BCUT2D eigenvalue weighted by atomic mass is 10.1. The maximum absolute atomic E-state index is 12.1. The van der Waals surface area contributed by atoms with Crippen molar-refractivity contribution in [3.8, 4) is 11.1 Å². The number of fused-ring (bicyclic) bond motifs is 1. The average molecular weight is 488 g/mol. The largest absolute Gasteiger partial charge is 0.337 e. The zero-order valence-electron chi connectivity index (χ0n) is 18.4. The lowest BCUT2D eigenvalue weighted by Crippen LogP contribution is -2.30. The molecule has 10 nitrogen and oxygen atoms in total. The van der Waals surface area contributed by atoms with Crippen LogP contribution in [0.3, 0.4) is 0 Å². The summed E-state index contributed by atoms with van der Waals surface area (Å²) in [5.41, 5.74) is 5.08. The number of carbonyl (C=O) groups is 1. The van der Waals surface area contributed by atoms with Crippen LogP contribution in [0.2, 0.25) is 0 Å². The highest BCUT2D eigenvalue weighted by Crippen LogP contribution is 2.31. The SMILES string of the molecule is CC(C)N/N=N\C(=N)CCNC(=O)Nc1nc2ccc(-c3cccc(S(C)(=O)=O)c3)cc2s1. The van der Waals surface area contributed by atoms with Crippen LogP contribution in [0.4, 0.5) is 9.93 Å². The number of anilines is 1. The van der Waals surface area contributed by atoms with E-state index in [-0.39, 0.29) is 29.7 Å². The summed E-state index contributed by atoms with van der Waals surface area (Å²) in [5.74, 6) is 0.0518. The number of benzene rings is 2. The summed E-state index contributed by atoms with van der Waals surface area (Å²) in [6.45, 7) is 4.05. The van der Waals surface area contributed by atoms with Crippen molar-refractivity contribution in [1.29, 1.82) is 5.41 Å². The molecular weight excluding hydrogens is 462 g/mol. The first kappa shape index (κ1) is 24.3. The molecule has 0 aliphatic heterocycles. The second kappa shape index (κ2) is 10.5. The summed E-state index contributed by atoms with van der Waals surface area (Å²) >= 11 is 1.31. The molecule has 0 aliphatic carbocycles. The fourth-order valence-corrected chi connectivity index (χ4v) is 4.32. The monoisotopic (exact) mass is 487 g/mol. The predicted molar refractivity (Wildman–Crippen MR) is 131 cm³/mol. The van der Waals surface area contributed by atoms with Gasteiger partial charge in [0.15, 0.2) is 15.0 Å². The van der Waals surface area contributed by atoms with Crippen molar-refractivity contribution in [3.05, 3.63) is 42.5 Å². The molecule has 2 aromatic carbocycles. The van der Waals surface area contributed by atoms with E-state index in [1.807, 2.05) is 38.1 Å². The van der Waals surface area contributed by atoms with E-state index in [2.05, 4.69) is 31.4 Å². The van der Waals surface area contributed by atoms with Crippen molar-refractivity contribution < 1.29 is 13.2 Å². The van der Waals surface area contributed by atoms with E-state index in [1.165, 1.54) is 17.6 Å². The van der Waals surface area contributed by atoms with Gasteiger partial charge in [-0.3, -0.25) is 16.2 Å². The molecule has 0 saturated heterocycles. The molecule has 12 heteroatoms. The summed E-state index contributed by atoms with van der Waals surface area (Å²) in [6, 6.07) is 12.1. The Morgan fingerprint density at radius 2 is 1.94 bits per heavy atom. The minimum absolute atomic E-state index is 0.0518. The number of hydrogen-bond acceptors (Lipinski definition) is 7. The van der Waals surface area contributed by atoms with Crippen LogP contribution in [0.1, 0.15) is 20.3 Å². The van der Waals surface area contributed by atoms with Gasteiger partial charge in [0.2, 0.25) is 0 Å². The van der Waals surface area contributed by atoms with Gasteiger partial charge in [-0.05, 0) is 49.2 Å². The summed E-state index contributed by atoms with van der Waals surface area (Å²) in [4.78, 5) is 16.8. The quantitative estimate of drug-likeness (QED) is 0.162. The van der Waals surface area contributed by atoms with Crippen molar-refractivity contribution in [2.24, 2.45) is 10.3 Å². The Balaban J connectivity index is 1.61. The molecule has 0 fully saturated rings. The van der Waals surface area contributed by atoms with Gasteiger partial charge in [0.05, 0.1) is 15.1 Å². The fourth-order valence-electron chi connectivity index (χ4n) is 2.75. The molecule has 0 radical (unpaired) electrons. The second-order valence-corrected chi connectivity index (χ2v) is 10.6. The first-order valence-electron chi connectivity index (χ1n) is 10.1. The number of thiazole rings is 1. The molecular formula is C21H25N7O3S2. The highest BCUT2D eigenvalue weighted by atomic mass is 32.2. The van der Waals surface area contributed by atoms with Crippen LogP contribution in [0.5, 0.6) is 0 Å².